The molecule has 0 aliphatic carbocycles. The van der Waals surface area contributed by atoms with E-state index in [0.717, 1.165) is 11.5 Å². The van der Waals surface area contributed by atoms with E-state index in [-0.39, 0.29) is 0 Å². The van der Waals surface area contributed by atoms with Crippen molar-refractivity contribution in [1.29, 1.82) is 0 Å². The van der Waals surface area contributed by atoms with E-state index in [1.165, 1.54) is 30.6 Å². The maximum atomic E-state index is 10.3. The van der Waals surface area contributed by atoms with Crippen LogP contribution >= 0.6 is 24.8 Å². The second kappa shape index (κ2) is 4.42. The topological polar surface area (TPSA) is 49.7 Å². The van der Waals surface area contributed by atoms with E-state index in [1.54, 1.807) is 0 Å². The maximum absolute atomic E-state index is 10.3. The van der Waals surface area contributed by atoms with Gasteiger partial charge in [-0.3, -0.25) is 0 Å². The van der Waals surface area contributed by atoms with E-state index in [9.17, 15) is 9.79 Å². The Morgan fingerprint density at radius 3 is 1.80 bits per heavy atom. The summed E-state index contributed by atoms with van der Waals surface area (Å²) in [5, 5.41) is 0. The summed E-state index contributed by atoms with van der Waals surface area (Å²) in [6, 6.07) is 0. The fraction of sp³-hybridized carbons (Fsp3) is 1.00. The van der Waals surface area contributed by atoms with E-state index < -0.39 is 14.4 Å². The molecule has 0 radical (unpaired) electrons. The second-order valence-corrected chi connectivity index (χ2v) is 21.2. The Bertz CT molecular complexity index is 250. The van der Waals surface area contributed by atoms with E-state index in [2.05, 4.69) is 27.7 Å². The Hall–Kier alpha value is 1.70. The van der Waals surface area contributed by atoms with Crippen LogP contribution in [0.1, 0.15) is 27.7 Å². The van der Waals surface area contributed by atoms with Crippen molar-refractivity contribution in [2.75, 3.05) is 11.5 Å². The van der Waals surface area contributed by atoms with Crippen molar-refractivity contribution < 1.29 is 33.2 Å². The van der Waals surface area contributed by atoms with Crippen LogP contribution in [-0.4, -0.2) is 21.3 Å². The molecule has 1 saturated heterocycles. The molecule has 0 aromatic carbocycles. The van der Waals surface area contributed by atoms with Crippen LogP contribution in [-0.2, 0) is 23.4 Å². The first-order chi connectivity index (χ1) is 6.64. The van der Waals surface area contributed by atoms with Gasteiger partial charge in [0, 0.05) is 0 Å². The van der Waals surface area contributed by atoms with Crippen LogP contribution < -0.4 is 0 Å². The molecule has 0 aromatic heterocycles. The fourth-order valence-corrected chi connectivity index (χ4v) is 28.8. The molecular weight excluding hydrogens is 335 g/mol. The van der Waals surface area contributed by atoms with E-state index in [0.29, 0.717) is 11.8 Å². The summed E-state index contributed by atoms with van der Waals surface area (Å²) in [4.78, 5) is 20.6. The third-order valence-corrected chi connectivity index (χ3v) is 25.7. The fourth-order valence-electron chi connectivity index (χ4n) is 1.72. The van der Waals surface area contributed by atoms with Crippen LogP contribution in [0.3, 0.4) is 0 Å². The van der Waals surface area contributed by atoms with Crippen molar-refractivity contribution in [3.05, 3.63) is 0 Å². The van der Waals surface area contributed by atoms with Crippen molar-refractivity contribution in [3.8, 4) is 0 Å². The molecule has 0 atom stereocenters. The first kappa shape index (κ1) is 14.8. The SMILES string of the molecule is CC(C)CS1(CC(C)C)SP1(O)(O)[O][Mo]. The van der Waals surface area contributed by atoms with Crippen molar-refractivity contribution in [1.82, 2.24) is 0 Å². The van der Waals surface area contributed by atoms with E-state index >= 15 is 0 Å². The molecule has 0 spiro atoms. The summed E-state index contributed by atoms with van der Waals surface area (Å²) in [7, 11) is -0.0308. The Balaban J connectivity index is 2.84. The average molecular weight is 355 g/mol. The molecule has 0 unspecified atom stereocenters. The number of rotatable bonds is 5. The predicted molar refractivity (Wildman–Crippen MR) is 67.0 cm³/mol. The van der Waals surface area contributed by atoms with Gasteiger partial charge in [-0.05, 0) is 0 Å². The standard InChI is InChI=1S/C8H20O3PS2.Mo/c1-7(2)5-14(6-8(3)4)12(9,10,11)13-14;/h7-10H,5-6H2,1-4H3;/q-1;+1. The summed E-state index contributed by atoms with van der Waals surface area (Å²) in [6.07, 6.45) is 0. The molecule has 1 fully saturated rings. The summed E-state index contributed by atoms with van der Waals surface area (Å²) in [5.41, 5.74) is -3.75. The predicted octanol–water partition coefficient (Wildman–Crippen LogP) is 3.36. The van der Waals surface area contributed by atoms with Crippen LogP contribution in [0.15, 0.2) is 0 Å². The molecule has 1 rings (SSSR count). The van der Waals surface area contributed by atoms with Gasteiger partial charge < -0.3 is 0 Å². The van der Waals surface area contributed by atoms with Gasteiger partial charge in [-0.1, -0.05) is 0 Å². The zero-order chi connectivity index (χ0) is 11.9. The van der Waals surface area contributed by atoms with E-state index in [1.807, 2.05) is 0 Å². The summed E-state index contributed by atoms with van der Waals surface area (Å²) in [6.45, 7) is 8.51. The van der Waals surface area contributed by atoms with Crippen molar-refractivity contribution in [2.24, 2.45) is 11.8 Å². The minimum absolute atomic E-state index is 0.492. The minimum atomic E-state index is -3.75. The van der Waals surface area contributed by atoms with Crippen LogP contribution in [0.5, 0.6) is 0 Å². The monoisotopic (exact) mass is 357 g/mol. The molecular formula is C8H20MoO3PS2. The third kappa shape index (κ3) is 2.76. The quantitative estimate of drug-likeness (QED) is 0.344. The van der Waals surface area contributed by atoms with Crippen LogP contribution in [0.4, 0.5) is 0 Å². The first-order valence-corrected chi connectivity index (χ1v) is 12.4. The molecule has 0 saturated carbocycles. The zero-order valence-corrected chi connectivity index (χ0v) is 14.1. The molecule has 1 aliphatic rings. The molecule has 7 heteroatoms. The van der Waals surface area contributed by atoms with Gasteiger partial charge in [-0.15, -0.1) is 0 Å². The van der Waals surface area contributed by atoms with Crippen molar-refractivity contribution in [2.45, 2.75) is 27.7 Å². The van der Waals surface area contributed by atoms with Gasteiger partial charge in [-0.2, -0.15) is 0 Å². The Morgan fingerprint density at radius 2 is 1.60 bits per heavy atom. The first-order valence-electron chi connectivity index (χ1n) is 4.98. The molecule has 0 amide bonds. The Labute approximate surface area is 108 Å². The van der Waals surface area contributed by atoms with Gasteiger partial charge >= 0.3 is 109 Å². The Kier molecular flexibility index (Phi) is 4.35. The van der Waals surface area contributed by atoms with Gasteiger partial charge in [0.1, 0.15) is 0 Å². The summed E-state index contributed by atoms with van der Waals surface area (Å²) < 4.78 is 5.11. The van der Waals surface area contributed by atoms with Crippen molar-refractivity contribution in [3.63, 3.8) is 0 Å². The van der Waals surface area contributed by atoms with Crippen LogP contribution in [0.25, 0.3) is 0 Å². The molecule has 1 heterocycles. The molecule has 1 aliphatic heterocycles. The average Bonchev–Trinajstić information content (AvgIpc) is 2.46. The molecule has 2 N–H and O–H groups in total. The van der Waals surface area contributed by atoms with Crippen LogP contribution in [0, 0.1) is 11.8 Å². The van der Waals surface area contributed by atoms with Gasteiger partial charge in [0.25, 0.3) is 0 Å². The molecule has 0 bridgehead atoms. The van der Waals surface area contributed by atoms with Crippen LogP contribution in [0.2, 0.25) is 0 Å². The molecule has 93 valence electrons. The summed E-state index contributed by atoms with van der Waals surface area (Å²) in [5.74, 6) is 2.78. The molecule has 0 aromatic rings. The second-order valence-electron chi connectivity index (χ2n) is 4.85. The van der Waals surface area contributed by atoms with Crippen molar-refractivity contribution >= 4 is 24.8 Å². The normalized spacial score (nSPS) is 30.8. The Morgan fingerprint density at radius 1 is 1.20 bits per heavy atom. The third-order valence-electron chi connectivity index (χ3n) is 2.13. The number of hydrogen-bond donors (Lipinski definition) is 2. The van der Waals surface area contributed by atoms with Gasteiger partial charge in [0.15, 0.2) is 0 Å². The summed E-state index contributed by atoms with van der Waals surface area (Å²) >= 11 is 1.36. The number of hydrogen-bond acceptors (Lipinski definition) is 4. The van der Waals surface area contributed by atoms with Gasteiger partial charge in [0.05, 0.1) is 0 Å². The van der Waals surface area contributed by atoms with E-state index in [4.69, 9.17) is 3.18 Å². The molecule has 3 nitrogen and oxygen atoms in total. The van der Waals surface area contributed by atoms with Gasteiger partial charge in [0.2, 0.25) is 0 Å². The molecule has 15 heavy (non-hydrogen) atoms. The zero-order valence-electron chi connectivity index (χ0n) is 9.54. The van der Waals surface area contributed by atoms with Gasteiger partial charge in [-0.25, -0.2) is 0 Å².